The molecule has 0 radical (unpaired) electrons. The van der Waals surface area contributed by atoms with Crippen molar-refractivity contribution in [2.24, 2.45) is 0 Å². The van der Waals surface area contributed by atoms with E-state index in [0.29, 0.717) is 10.6 Å². The van der Waals surface area contributed by atoms with Crippen LogP contribution in [0.4, 0.5) is 11.4 Å². The Morgan fingerprint density at radius 1 is 0.968 bits per heavy atom. The molecule has 0 bridgehead atoms. The minimum atomic E-state index is -0.0898. The summed E-state index contributed by atoms with van der Waals surface area (Å²) in [6.07, 6.45) is 0.736. The van der Waals surface area contributed by atoms with E-state index in [1.165, 1.54) is 0 Å². The van der Waals surface area contributed by atoms with Crippen LogP contribution < -0.4 is 9.80 Å². The van der Waals surface area contributed by atoms with Crippen molar-refractivity contribution in [1.82, 2.24) is 0 Å². The molecule has 0 fully saturated rings. The second-order valence-corrected chi connectivity index (χ2v) is 8.38. The van der Waals surface area contributed by atoms with E-state index in [9.17, 15) is 9.59 Å². The van der Waals surface area contributed by atoms with Gasteiger partial charge in [-0.1, -0.05) is 48.0 Å². The van der Waals surface area contributed by atoms with E-state index in [0.717, 1.165) is 23.4 Å². The highest BCUT2D eigenvalue weighted by Crippen LogP contribution is 2.42. The molecule has 0 spiro atoms. The van der Waals surface area contributed by atoms with E-state index < -0.39 is 0 Å². The number of halogens is 1. The molecule has 3 aromatic rings. The third-order valence-electron chi connectivity index (χ3n) is 5.87. The van der Waals surface area contributed by atoms with Gasteiger partial charge >= 0.3 is 0 Å². The molecule has 1 aliphatic heterocycles. The molecule has 4 nitrogen and oxygen atoms in total. The van der Waals surface area contributed by atoms with E-state index in [4.69, 9.17) is 11.6 Å². The smallest absolute Gasteiger partial charge is 0.224 e. The lowest BCUT2D eigenvalue weighted by Crippen LogP contribution is -2.46. The molecule has 5 heteroatoms. The van der Waals surface area contributed by atoms with E-state index in [1.54, 1.807) is 31.2 Å². The number of anilines is 2. The molecule has 0 aliphatic carbocycles. The summed E-state index contributed by atoms with van der Waals surface area (Å²) >= 11 is 5.97. The van der Waals surface area contributed by atoms with Crippen LogP contribution in [0.15, 0.2) is 78.9 Å². The molecule has 0 aromatic heterocycles. The zero-order chi connectivity index (χ0) is 22.0. The Hall–Kier alpha value is -3.11. The fourth-order valence-corrected chi connectivity index (χ4v) is 4.51. The predicted octanol–water partition coefficient (Wildman–Crippen LogP) is 5.92. The van der Waals surface area contributed by atoms with Crippen molar-refractivity contribution < 1.29 is 9.59 Å². The number of carbonyl (C=O) groups excluding carboxylic acids is 2. The molecular formula is C26H25ClN2O2. The van der Waals surface area contributed by atoms with Crippen LogP contribution in [0.3, 0.4) is 0 Å². The Morgan fingerprint density at radius 3 is 2.29 bits per heavy atom. The second-order valence-electron chi connectivity index (χ2n) is 7.94. The molecule has 1 aliphatic rings. The Bertz CT molecular complexity index is 1080. The van der Waals surface area contributed by atoms with Gasteiger partial charge in [0.1, 0.15) is 0 Å². The predicted molar refractivity (Wildman–Crippen MR) is 126 cm³/mol. The molecule has 0 unspecified atom stereocenters. The van der Waals surface area contributed by atoms with E-state index in [2.05, 4.69) is 17.9 Å². The number of fused-ring (bicyclic) bond motifs is 1. The highest BCUT2D eigenvalue weighted by Gasteiger charge is 2.35. The normalized spacial score (nSPS) is 17.7. The van der Waals surface area contributed by atoms with Gasteiger partial charge in [0.05, 0.1) is 12.6 Å². The minimum absolute atomic E-state index is 0.00361. The van der Waals surface area contributed by atoms with Crippen molar-refractivity contribution in [1.29, 1.82) is 0 Å². The summed E-state index contributed by atoms with van der Waals surface area (Å²) in [4.78, 5) is 29.7. The minimum Gasteiger partial charge on any atom is -0.361 e. The van der Waals surface area contributed by atoms with Crippen LogP contribution >= 0.6 is 11.6 Å². The largest absolute Gasteiger partial charge is 0.361 e. The Labute approximate surface area is 188 Å². The first-order valence-electron chi connectivity index (χ1n) is 10.4. The number of hydrogen-bond donors (Lipinski definition) is 0. The molecule has 4 rings (SSSR count). The Balaban J connectivity index is 1.68. The number of carbonyl (C=O) groups is 2. The van der Waals surface area contributed by atoms with E-state index >= 15 is 0 Å². The van der Waals surface area contributed by atoms with Gasteiger partial charge in [-0.25, -0.2) is 0 Å². The van der Waals surface area contributed by atoms with Crippen LogP contribution in [-0.4, -0.2) is 24.3 Å². The maximum absolute atomic E-state index is 13.0. The van der Waals surface area contributed by atoms with Gasteiger partial charge in [-0.15, -0.1) is 0 Å². The first kappa shape index (κ1) is 21.1. The molecule has 1 amide bonds. The zero-order valence-electron chi connectivity index (χ0n) is 17.7. The molecule has 0 saturated heterocycles. The maximum atomic E-state index is 13.0. The Kier molecular flexibility index (Phi) is 6.10. The van der Waals surface area contributed by atoms with Gasteiger partial charge in [0.15, 0.2) is 5.78 Å². The highest BCUT2D eigenvalue weighted by atomic mass is 35.5. The number of rotatable bonds is 5. The average Bonchev–Trinajstić information content (AvgIpc) is 2.77. The SMILES string of the molecule is CC(=O)N(c1ccccc1)[C@H]1C[C@@H](C)N(CC(=O)c2ccc(Cl)cc2)c2ccccc21. The van der Waals surface area contributed by atoms with Crippen LogP contribution in [-0.2, 0) is 4.79 Å². The number of hydrogen-bond acceptors (Lipinski definition) is 3. The number of para-hydroxylation sites is 2. The third-order valence-corrected chi connectivity index (χ3v) is 6.12. The number of benzene rings is 3. The fraction of sp³-hybridized carbons (Fsp3) is 0.231. The lowest BCUT2D eigenvalue weighted by molar-refractivity contribution is -0.117. The zero-order valence-corrected chi connectivity index (χ0v) is 18.4. The monoisotopic (exact) mass is 432 g/mol. The summed E-state index contributed by atoms with van der Waals surface area (Å²) in [7, 11) is 0. The molecule has 0 N–H and O–H groups in total. The first-order valence-corrected chi connectivity index (χ1v) is 10.8. The maximum Gasteiger partial charge on any atom is 0.224 e. The average molecular weight is 433 g/mol. The van der Waals surface area contributed by atoms with Gasteiger partial charge in [0.25, 0.3) is 0 Å². The van der Waals surface area contributed by atoms with Crippen LogP contribution in [0, 0.1) is 0 Å². The lowest BCUT2D eigenvalue weighted by atomic mass is 9.89. The van der Waals surface area contributed by atoms with Crippen molar-refractivity contribution in [3.8, 4) is 0 Å². The molecule has 0 saturated carbocycles. The topological polar surface area (TPSA) is 40.6 Å². The quantitative estimate of drug-likeness (QED) is 0.470. The van der Waals surface area contributed by atoms with Gasteiger partial charge < -0.3 is 9.80 Å². The number of ketones is 1. The van der Waals surface area contributed by atoms with Crippen molar-refractivity contribution in [3.63, 3.8) is 0 Å². The van der Waals surface area contributed by atoms with Crippen LogP contribution in [0.25, 0.3) is 0 Å². The standard InChI is InChI=1S/C26H25ClN2O2/c1-18-16-25(29(19(2)30)22-8-4-3-5-9-22)23-10-6-7-11-24(23)28(18)17-26(31)20-12-14-21(27)15-13-20/h3-15,18,25H,16-17H2,1-2H3/t18-,25+/m1/s1. The molecular weight excluding hydrogens is 408 g/mol. The number of Topliss-reactive ketones (excluding diaryl/α,β-unsaturated/α-hetero) is 1. The highest BCUT2D eigenvalue weighted by molar-refractivity contribution is 6.30. The van der Waals surface area contributed by atoms with Gasteiger partial charge in [0, 0.05) is 34.9 Å². The van der Waals surface area contributed by atoms with Crippen LogP contribution in [0.5, 0.6) is 0 Å². The summed E-state index contributed by atoms with van der Waals surface area (Å²) in [5, 5.41) is 0.612. The van der Waals surface area contributed by atoms with Gasteiger partial charge in [-0.05, 0) is 61.4 Å². The van der Waals surface area contributed by atoms with Crippen molar-refractivity contribution >= 4 is 34.7 Å². The van der Waals surface area contributed by atoms with E-state index in [-0.39, 0.29) is 30.3 Å². The molecule has 3 aromatic carbocycles. The molecule has 31 heavy (non-hydrogen) atoms. The van der Waals surface area contributed by atoms with Crippen molar-refractivity contribution in [2.75, 3.05) is 16.3 Å². The van der Waals surface area contributed by atoms with Crippen molar-refractivity contribution in [3.05, 3.63) is 95.0 Å². The van der Waals surface area contributed by atoms with Crippen molar-refractivity contribution in [2.45, 2.75) is 32.4 Å². The summed E-state index contributed by atoms with van der Waals surface area (Å²) < 4.78 is 0. The summed E-state index contributed by atoms with van der Waals surface area (Å²) in [5.41, 5.74) is 3.58. The Morgan fingerprint density at radius 2 is 1.61 bits per heavy atom. The lowest BCUT2D eigenvalue weighted by Gasteiger charge is -2.44. The van der Waals surface area contributed by atoms with Crippen LogP contribution in [0.1, 0.15) is 42.2 Å². The van der Waals surface area contributed by atoms with Crippen LogP contribution in [0.2, 0.25) is 5.02 Å². The second kappa shape index (κ2) is 8.94. The van der Waals surface area contributed by atoms with Gasteiger partial charge in [-0.3, -0.25) is 9.59 Å². The van der Waals surface area contributed by atoms with Gasteiger partial charge in [-0.2, -0.15) is 0 Å². The first-order chi connectivity index (χ1) is 15.0. The molecule has 158 valence electrons. The van der Waals surface area contributed by atoms with E-state index in [1.807, 2.05) is 53.4 Å². The number of nitrogens with zero attached hydrogens (tertiary/aromatic N) is 2. The van der Waals surface area contributed by atoms with Gasteiger partial charge in [0.2, 0.25) is 5.91 Å². The summed E-state index contributed by atoms with van der Waals surface area (Å²) in [6, 6.07) is 24.8. The third kappa shape index (κ3) is 4.35. The summed E-state index contributed by atoms with van der Waals surface area (Å²) in [6.45, 7) is 4.00. The fourth-order valence-electron chi connectivity index (χ4n) is 4.38. The molecule has 1 heterocycles. The summed E-state index contributed by atoms with van der Waals surface area (Å²) in [5.74, 6) is 0.0483. The molecule has 2 atom stereocenters. The number of amides is 1.